The summed E-state index contributed by atoms with van der Waals surface area (Å²) in [5.41, 5.74) is 1.52. The van der Waals surface area contributed by atoms with Crippen molar-refractivity contribution in [2.45, 2.75) is 19.6 Å². The van der Waals surface area contributed by atoms with E-state index in [2.05, 4.69) is 47.0 Å². The van der Waals surface area contributed by atoms with Gasteiger partial charge in [0.1, 0.15) is 12.8 Å². The van der Waals surface area contributed by atoms with Crippen molar-refractivity contribution in [1.29, 1.82) is 0 Å². The van der Waals surface area contributed by atoms with Gasteiger partial charge >= 0.3 is 5.95 Å². The van der Waals surface area contributed by atoms with Crippen molar-refractivity contribution in [2.75, 3.05) is 30.9 Å². The molecule has 0 aliphatic rings. The van der Waals surface area contributed by atoms with Crippen LogP contribution in [0, 0.1) is 10.1 Å². The maximum absolute atomic E-state index is 10.9. The summed E-state index contributed by atoms with van der Waals surface area (Å²) in [6, 6.07) is 5.59. The molecule has 0 spiro atoms. The van der Waals surface area contributed by atoms with Gasteiger partial charge in [-0.05, 0) is 29.5 Å². The van der Waals surface area contributed by atoms with Crippen molar-refractivity contribution in [2.24, 2.45) is 7.05 Å². The lowest BCUT2D eigenvalue weighted by Gasteiger charge is -2.23. The molecule has 1 aromatic carbocycles. The molecule has 1 atom stereocenters. The third kappa shape index (κ3) is 7.65. The highest BCUT2D eigenvalue weighted by atomic mass is 79.9. The topological polar surface area (TPSA) is 113 Å². The molecular formula is C18H26Br2N5O5P. The molecule has 0 saturated heterocycles. The summed E-state index contributed by atoms with van der Waals surface area (Å²) >= 11 is 6.83. The fraction of sp³-hybridized carbons (Fsp3) is 0.500. The van der Waals surface area contributed by atoms with Crippen molar-refractivity contribution < 1.29 is 18.9 Å². The standard InChI is InChI=1S/C18H26Br2N5O5P/c1-13(30-31(22-8-6-19)23-9-7-20)14-4-5-16(17(10-14)28-3)29-12-15-11-21-18(24(15)2)25(26)27/h4-5,10-11,13,22-23H,6-9,12H2,1-3H3. The first-order chi connectivity index (χ1) is 14.9. The second-order valence-corrected chi connectivity index (χ2v) is 9.32. The second-order valence-electron chi connectivity index (χ2n) is 6.30. The number of halogens is 2. The molecule has 0 amide bonds. The number of methoxy groups -OCH3 is 1. The largest absolute Gasteiger partial charge is 0.493 e. The Morgan fingerprint density at radius 3 is 2.48 bits per heavy atom. The van der Waals surface area contributed by atoms with E-state index in [9.17, 15) is 10.1 Å². The maximum Gasteiger partial charge on any atom is 0.434 e. The van der Waals surface area contributed by atoms with Gasteiger partial charge in [0.15, 0.2) is 25.6 Å². The fourth-order valence-corrected chi connectivity index (χ4v) is 4.92. The lowest BCUT2D eigenvalue weighted by molar-refractivity contribution is -0.396. The van der Waals surface area contributed by atoms with Crippen LogP contribution in [0.5, 0.6) is 11.5 Å². The maximum atomic E-state index is 10.9. The molecular weight excluding hydrogens is 557 g/mol. The van der Waals surface area contributed by atoms with Gasteiger partial charge in [0.05, 0.1) is 20.3 Å². The monoisotopic (exact) mass is 581 g/mol. The van der Waals surface area contributed by atoms with Gasteiger partial charge < -0.3 is 24.1 Å². The molecule has 0 aliphatic heterocycles. The number of alkyl halides is 2. The molecule has 13 heteroatoms. The van der Waals surface area contributed by atoms with E-state index < -0.39 is 13.4 Å². The Bertz CT molecular complexity index is 849. The number of benzene rings is 1. The first-order valence-electron chi connectivity index (χ1n) is 9.42. The van der Waals surface area contributed by atoms with Crippen LogP contribution in [0.2, 0.25) is 0 Å². The Kier molecular flexibility index (Phi) is 11.1. The highest BCUT2D eigenvalue weighted by molar-refractivity contribution is 9.09. The molecule has 0 bridgehead atoms. The van der Waals surface area contributed by atoms with Crippen LogP contribution in [0.3, 0.4) is 0 Å². The van der Waals surface area contributed by atoms with Crippen molar-refractivity contribution in [3.8, 4) is 11.5 Å². The zero-order valence-corrected chi connectivity index (χ0v) is 21.6. The first kappa shape index (κ1) is 26.0. The minimum atomic E-state index is -0.998. The lowest BCUT2D eigenvalue weighted by atomic mass is 10.1. The van der Waals surface area contributed by atoms with E-state index in [4.69, 9.17) is 14.0 Å². The minimum Gasteiger partial charge on any atom is -0.493 e. The van der Waals surface area contributed by atoms with E-state index in [1.165, 1.54) is 10.8 Å². The minimum absolute atomic E-state index is 0.122. The van der Waals surface area contributed by atoms with Crippen molar-refractivity contribution >= 4 is 46.3 Å². The Balaban J connectivity index is 2.06. The van der Waals surface area contributed by atoms with Crippen molar-refractivity contribution in [3.05, 3.63) is 45.8 Å². The van der Waals surface area contributed by atoms with E-state index >= 15 is 0 Å². The van der Waals surface area contributed by atoms with Gasteiger partial charge in [0.2, 0.25) is 0 Å². The van der Waals surface area contributed by atoms with Crippen LogP contribution in [0.1, 0.15) is 24.3 Å². The van der Waals surface area contributed by atoms with Gasteiger partial charge in [-0.3, -0.25) is 10.2 Å². The highest BCUT2D eigenvalue weighted by Gasteiger charge is 2.19. The molecule has 172 valence electrons. The van der Waals surface area contributed by atoms with Crippen LogP contribution >= 0.6 is 40.3 Å². The molecule has 1 heterocycles. The summed E-state index contributed by atoms with van der Waals surface area (Å²) in [6.45, 7) is 3.67. The Morgan fingerprint density at radius 2 is 1.94 bits per heavy atom. The van der Waals surface area contributed by atoms with Crippen LogP contribution in [0.4, 0.5) is 5.95 Å². The van der Waals surface area contributed by atoms with E-state index in [0.717, 1.165) is 29.3 Å². The third-order valence-corrected chi connectivity index (χ3v) is 6.56. The summed E-state index contributed by atoms with van der Waals surface area (Å²) in [5.74, 6) is 0.848. The molecule has 2 rings (SSSR count). The molecule has 1 aromatic heterocycles. The molecule has 0 fully saturated rings. The quantitative estimate of drug-likeness (QED) is 0.148. The van der Waals surface area contributed by atoms with E-state index in [1.807, 2.05) is 19.1 Å². The van der Waals surface area contributed by atoms with E-state index in [1.54, 1.807) is 20.2 Å². The normalized spacial score (nSPS) is 12.2. The molecule has 2 N–H and O–H groups in total. The average molecular weight is 583 g/mol. The number of nitro groups is 1. The van der Waals surface area contributed by atoms with Crippen LogP contribution in [0.15, 0.2) is 24.4 Å². The smallest absolute Gasteiger partial charge is 0.434 e. The van der Waals surface area contributed by atoms with Gasteiger partial charge in [-0.1, -0.05) is 42.9 Å². The Labute approximate surface area is 199 Å². The fourth-order valence-electron chi connectivity index (χ4n) is 2.58. The van der Waals surface area contributed by atoms with Gasteiger partial charge in [-0.2, -0.15) is 0 Å². The number of ether oxygens (including phenoxy) is 2. The zero-order valence-electron chi connectivity index (χ0n) is 17.5. The Morgan fingerprint density at radius 1 is 1.26 bits per heavy atom. The summed E-state index contributed by atoms with van der Waals surface area (Å²) in [5, 5.41) is 19.3. The van der Waals surface area contributed by atoms with Crippen molar-refractivity contribution in [1.82, 2.24) is 19.7 Å². The molecule has 31 heavy (non-hydrogen) atoms. The summed E-state index contributed by atoms with van der Waals surface area (Å²) in [6.07, 6.45) is 1.25. The number of imidazole rings is 1. The van der Waals surface area contributed by atoms with Crippen LogP contribution < -0.4 is 19.6 Å². The molecule has 10 nitrogen and oxygen atoms in total. The summed E-state index contributed by atoms with van der Waals surface area (Å²) < 4.78 is 18.9. The van der Waals surface area contributed by atoms with Crippen LogP contribution in [-0.4, -0.2) is 45.3 Å². The van der Waals surface area contributed by atoms with Crippen LogP contribution in [0.25, 0.3) is 0 Å². The third-order valence-electron chi connectivity index (χ3n) is 4.22. The lowest BCUT2D eigenvalue weighted by Crippen LogP contribution is -2.23. The molecule has 0 radical (unpaired) electrons. The number of rotatable bonds is 14. The molecule has 1 unspecified atom stereocenters. The zero-order chi connectivity index (χ0) is 22.8. The number of hydrogen-bond acceptors (Lipinski definition) is 8. The predicted molar refractivity (Wildman–Crippen MR) is 127 cm³/mol. The molecule has 0 saturated carbocycles. The molecule has 2 aromatic rings. The number of aromatic nitrogens is 2. The SMILES string of the molecule is COc1cc(C(C)OP(NCCBr)NCCBr)ccc1OCc1cnc([N+](=O)[O-])n1C. The highest BCUT2D eigenvalue weighted by Crippen LogP contribution is 2.38. The van der Waals surface area contributed by atoms with Gasteiger partial charge in [-0.25, -0.2) is 4.57 Å². The number of hydrogen-bond donors (Lipinski definition) is 2. The predicted octanol–water partition coefficient (Wildman–Crippen LogP) is 4.19. The summed E-state index contributed by atoms with van der Waals surface area (Å²) in [7, 11) is 2.14. The first-order valence-corrected chi connectivity index (χ1v) is 12.9. The van der Waals surface area contributed by atoms with Crippen molar-refractivity contribution in [3.63, 3.8) is 0 Å². The van der Waals surface area contributed by atoms with E-state index in [-0.39, 0.29) is 18.7 Å². The Hall–Kier alpha value is -1.30. The average Bonchev–Trinajstić information content (AvgIpc) is 3.14. The van der Waals surface area contributed by atoms with Gasteiger partial charge in [0, 0.05) is 23.7 Å². The number of nitrogens with one attached hydrogen (secondary N) is 2. The van der Waals surface area contributed by atoms with Crippen LogP contribution in [-0.2, 0) is 18.2 Å². The van der Waals surface area contributed by atoms with E-state index in [0.29, 0.717) is 17.2 Å². The van der Waals surface area contributed by atoms with Gasteiger partial charge in [-0.15, -0.1) is 0 Å². The second kappa shape index (κ2) is 13.3. The number of nitrogens with zero attached hydrogens (tertiary/aromatic N) is 3. The summed E-state index contributed by atoms with van der Waals surface area (Å²) in [4.78, 5) is 14.2. The van der Waals surface area contributed by atoms with Gasteiger partial charge in [0.25, 0.3) is 0 Å². The molecule has 0 aliphatic carbocycles.